The standard InChI is InChI=1S/C30H32F3N7O3/c1-27(2,43)26(42)39-28-8-10-29(15-28,11-9-28)40-14-20(22-23(34)36-16-37-24(22)40)17-3-5-18(6-4-17)25(41)38-21-13-19(7-12-35-21)30(31,32)33/h3-7,12-14,16,26,39,42-43H,8-11,15H2,1-2H3,(H2,34,36,37)(H,35,38,41). The highest BCUT2D eigenvalue weighted by Gasteiger charge is 2.56. The van der Waals surface area contributed by atoms with E-state index in [4.69, 9.17) is 5.73 Å². The van der Waals surface area contributed by atoms with Gasteiger partial charge in [-0.3, -0.25) is 10.1 Å². The van der Waals surface area contributed by atoms with E-state index < -0.39 is 29.5 Å². The van der Waals surface area contributed by atoms with Crippen LogP contribution in [0.15, 0.2) is 55.1 Å². The summed E-state index contributed by atoms with van der Waals surface area (Å²) in [5.41, 5.74) is 6.02. The molecular formula is C30H32F3N7O3. The lowest BCUT2D eigenvalue weighted by Crippen LogP contribution is -2.55. The number of nitrogens with one attached hydrogen (secondary N) is 2. The second kappa shape index (κ2) is 10.00. The maximum absolute atomic E-state index is 13.1. The predicted molar refractivity (Wildman–Crippen MR) is 154 cm³/mol. The molecule has 3 heterocycles. The van der Waals surface area contributed by atoms with Gasteiger partial charge >= 0.3 is 6.18 Å². The van der Waals surface area contributed by atoms with Gasteiger partial charge in [0.2, 0.25) is 0 Å². The number of alkyl halides is 3. The first-order chi connectivity index (χ1) is 20.2. The predicted octanol–water partition coefficient (Wildman–Crippen LogP) is 4.44. The smallest absolute Gasteiger partial charge is 0.386 e. The number of benzene rings is 1. The van der Waals surface area contributed by atoms with Gasteiger partial charge in [-0.1, -0.05) is 12.1 Å². The van der Waals surface area contributed by atoms with Crippen LogP contribution in [0, 0.1) is 0 Å². The first-order valence-corrected chi connectivity index (χ1v) is 14.0. The third-order valence-electron chi connectivity index (χ3n) is 8.83. The molecule has 2 saturated carbocycles. The van der Waals surface area contributed by atoms with Crippen molar-refractivity contribution in [2.45, 2.75) is 75.0 Å². The van der Waals surface area contributed by atoms with E-state index in [0.29, 0.717) is 16.9 Å². The Bertz CT molecular complexity index is 1690. The highest BCUT2D eigenvalue weighted by atomic mass is 19.4. The number of nitrogens with zero attached hydrogens (tertiary/aromatic N) is 4. The lowest BCUT2D eigenvalue weighted by atomic mass is 9.90. The van der Waals surface area contributed by atoms with Gasteiger partial charge in [0.05, 0.1) is 16.6 Å². The van der Waals surface area contributed by atoms with Crippen LogP contribution in [0.4, 0.5) is 24.8 Å². The van der Waals surface area contributed by atoms with Gasteiger partial charge in [-0.15, -0.1) is 0 Å². The Labute approximate surface area is 245 Å². The molecule has 2 aliphatic carbocycles. The highest BCUT2D eigenvalue weighted by molar-refractivity contribution is 6.05. The number of anilines is 2. The summed E-state index contributed by atoms with van der Waals surface area (Å²) in [5.74, 6) is -0.494. The molecule has 1 amide bonds. The number of nitrogens with two attached hydrogens (primary N) is 1. The minimum atomic E-state index is -4.55. The number of fused-ring (bicyclic) bond motifs is 3. The van der Waals surface area contributed by atoms with Crippen LogP contribution < -0.4 is 16.4 Å². The SMILES string of the molecule is CC(C)(O)C(O)NC12CCC(n3cc(-c4ccc(C(=O)Nc5cc(C(F)(F)F)ccn5)cc4)c4c(N)ncnc43)(CC1)C2. The van der Waals surface area contributed by atoms with Gasteiger partial charge in [0.1, 0.15) is 29.8 Å². The molecule has 0 radical (unpaired) electrons. The Hall–Kier alpha value is -4.07. The van der Waals surface area contributed by atoms with E-state index in [2.05, 4.69) is 30.2 Å². The third-order valence-corrected chi connectivity index (χ3v) is 8.83. The molecule has 0 spiro atoms. The summed E-state index contributed by atoms with van der Waals surface area (Å²) in [6, 6.07) is 8.27. The van der Waals surface area contributed by atoms with Crippen molar-refractivity contribution in [1.82, 2.24) is 24.8 Å². The maximum Gasteiger partial charge on any atom is 0.416 e. The van der Waals surface area contributed by atoms with E-state index in [1.807, 2.05) is 6.20 Å². The number of aliphatic hydroxyl groups excluding tert-OH is 1. The molecular weight excluding hydrogens is 563 g/mol. The lowest BCUT2D eigenvalue weighted by Gasteiger charge is -2.35. The zero-order valence-electron chi connectivity index (χ0n) is 23.6. The summed E-state index contributed by atoms with van der Waals surface area (Å²) < 4.78 is 41.3. The molecule has 2 bridgehead atoms. The zero-order valence-corrected chi connectivity index (χ0v) is 23.6. The highest BCUT2D eigenvalue weighted by Crippen LogP contribution is 2.56. The van der Waals surface area contributed by atoms with Crippen LogP contribution in [0.1, 0.15) is 61.9 Å². The number of pyridine rings is 1. The average molecular weight is 596 g/mol. The molecule has 2 aliphatic rings. The summed E-state index contributed by atoms with van der Waals surface area (Å²) in [4.78, 5) is 25.4. The van der Waals surface area contributed by atoms with Gasteiger partial charge in [0.15, 0.2) is 0 Å². The van der Waals surface area contributed by atoms with Gasteiger partial charge < -0.3 is 25.8 Å². The molecule has 6 rings (SSSR count). The summed E-state index contributed by atoms with van der Waals surface area (Å²) in [6.07, 6.45) is 2.86. The van der Waals surface area contributed by atoms with Crippen LogP contribution in [0.5, 0.6) is 0 Å². The van der Waals surface area contributed by atoms with Gasteiger partial charge in [0.25, 0.3) is 5.91 Å². The van der Waals surface area contributed by atoms with Crippen molar-refractivity contribution in [2.24, 2.45) is 0 Å². The van der Waals surface area contributed by atoms with Crippen molar-refractivity contribution >= 4 is 28.6 Å². The van der Waals surface area contributed by atoms with Gasteiger partial charge in [-0.25, -0.2) is 15.0 Å². The van der Waals surface area contributed by atoms with E-state index in [0.717, 1.165) is 61.6 Å². The molecule has 1 unspecified atom stereocenters. The Kier molecular flexibility index (Phi) is 6.75. The molecule has 3 aromatic heterocycles. The summed E-state index contributed by atoms with van der Waals surface area (Å²) >= 11 is 0. The number of aliphatic hydroxyl groups is 2. The van der Waals surface area contributed by atoms with Crippen LogP contribution in [-0.2, 0) is 11.7 Å². The number of carbonyl (C=O) groups is 1. The molecule has 2 fully saturated rings. The maximum atomic E-state index is 13.1. The first kappa shape index (κ1) is 29.0. The zero-order chi connectivity index (χ0) is 30.8. The number of aromatic nitrogens is 4. The fraction of sp³-hybridized carbons (Fsp3) is 0.400. The number of amides is 1. The van der Waals surface area contributed by atoms with Crippen molar-refractivity contribution in [1.29, 1.82) is 0 Å². The summed E-state index contributed by atoms with van der Waals surface area (Å²) in [7, 11) is 0. The first-order valence-electron chi connectivity index (χ1n) is 14.0. The number of hydrogen-bond acceptors (Lipinski definition) is 8. The molecule has 43 heavy (non-hydrogen) atoms. The van der Waals surface area contributed by atoms with Crippen LogP contribution in [0.25, 0.3) is 22.2 Å². The molecule has 10 nitrogen and oxygen atoms in total. The Morgan fingerprint density at radius 2 is 1.77 bits per heavy atom. The molecule has 1 atom stereocenters. The van der Waals surface area contributed by atoms with Crippen molar-refractivity contribution < 1.29 is 28.2 Å². The number of nitrogen functional groups attached to an aromatic ring is 1. The molecule has 0 aliphatic heterocycles. The third kappa shape index (κ3) is 5.21. The average Bonchev–Trinajstić information content (AvgIpc) is 3.63. The lowest BCUT2D eigenvalue weighted by molar-refractivity contribution is -0.137. The molecule has 4 aromatic rings. The number of hydrogen-bond donors (Lipinski definition) is 5. The van der Waals surface area contributed by atoms with E-state index >= 15 is 0 Å². The van der Waals surface area contributed by atoms with Crippen LogP contribution >= 0.6 is 0 Å². The Morgan fingerprint density at radius 1 is 1.07 bits per heavy atom. The van der Waals surface area contributed by atoms with E-state index in [-0.39, 0.29) is 22.5 Å². The van der Waals surface area contributed by atoms with Crippen molar-refractivity contribution in [2.75, 3.05) is 11.1 Å². The van der Waals surface area contributed by atoms with Gasteiger partial charge in [-0.05, 0) is 75.8 Å². The molecule has 6 N–H and O–H groups in total. The van der Waals surface area contributed by atoms with Crippen LogP contribution in [0.2, 0.25) is 0 Å². The molecule has 226 valence electrons. The minimum absolute atomic E-state index is 0.204. The van der Waals surface area contributed by atoms with Crippen molar-refractivity contribution in [3.05, 3.63) is 66.2 Å². The number of carbonyl (C=O) groups excluding carboxylic acids is 1. The largest absolute Gasteiger partial charge is 0.416 e. The quantitative estimate of drug-likeness (QED) is 0.197. The molecule has 1 aromatic carbocycles. The summed E-state index contributed by atoms with van der Waals surface area (Å²) in [5, 5.41) is 27.3. The molecule has 13 heteroatoms. The van der Waals surface area contributed by atoms with Gasteiger partial charge in [-0.2, -0.15) is 13.2 Å². The number of halogens is 3. The summed E-state index contributed by atoms with van der Waals surface area (Å²) in [6.45, 7) is 3.14. The van der Waals surface area contributed by atoms with Crippen molar-refractivity contribution in [3.8, 4) is 11.1 Å². The van der Waals surface area contributed by atoms with Crippen molar-refractivity contribution in [3.63, 3.8) is 0 Å². The second-order valence-corrected chi connectivity index (χ2v) is 12.2. The van der Waals surface area contributed by atoms with Gasteiger partial charge in [0, 0.05) is 34.6 Å². The Balaban J connectivity index is 1.29. The normalized spacial score (nSPS) is 22.7. The Morgan fingerprint density at radius 3 is 2.42 bits per heavy atom. The number of rotatable bonds is 7. The van der Waals surface area contributed by atoms with Crippen LogP contribution in [-0.4, -0.2) is 53.0 Å². The fourth-order valence-electron chi connectivity index (χ4n) is 6.50. The minimum Gasteiger partial charge on any atom is -0.386 e. The van der Waals surface area contributed by atoms with E-state index in [1.54, 1.807) is 38.1 Å². The van der Waals surface area contributed by atoms with E-state index in [1.165, 1.54) is 6.33 Å². The monoisotopic (exact) mass is 595 g/mol. The fourth-order valence-corrected chi connectivity index (χ4v) is 6.50. The van der Waals surface area contributed by atoms with Crippen LogP contribution in [0.3, 0.4) is 0 Å². The topological polar surface area (TPSA) is 151 Å². The molecule has 0 saturated heterocycles. The van der Waals surface area contributed by atoms with E-state index in [9.17, 15) is 28.2 Å². The second-order valence-electron chi connectivity index (χ2n) is 12.2.